The van der Waals surface area contributed by atoms with Gasteiger partial charge in [-0.2, -0.15) is 0 Å². The van der Waals surface area contributed by atoms with Crippen LogP contribution in [0.3, 0.4) is 0 Å². The van der Waals surface area contributed by atoms with Crippen molar-refractivity contribution in [3.05, 3.63) is 29.3 Å². The van der Waals surface area contributed by atoms with E-state index in [9.17, 15) is 9.59 Å². The summed E-state index contributed by atoms with van der Waals surface area (Å²) >= 11 is 6.02. The molecule has 114 valence electrons. The SMILES string of the molecule is C[C@@H]1CN(C(=O)CNc2ccccc2Cl)CC[C@@H]1C(=O)O. The Kier molecular flexibility index (Phi) is 5.07. The van der Waals surface area contributed by atoms with Crippen molar-refractivity contribution in [2.45, 2.75) is 13.3 Å². The standard InChI is InChI=1S/C15H19ClN2O3/c1-10-9-18(7-6-11(10)15(20)21)14(19)8-17-13-5-3-2-4-12(13)16/h2-5,10-11,17H,6-9H2,1H3,(H,20,21)/t10-,11+/m1/s1. The molecular formula is C15H19ClN2O3. The molecule has 0 saturated carbocycles. The highest BCUT2D eigenvalue weighted by molar-refractivity contribution is 6.33. The fourth-order valence-corrected chi connectivity index (χ4v) is 2.83. The van der Waals surface area contributed by atoms with E-state index in [4.69, 9.17) is 16.7 Å². The number of anilines is 1. The summed E-state index contributed by atoms with van der Waals surface area (Å²) in [4.78, 5) is 25.0. The van der Waals surface area contributed by atoms with Crippen molar-refractivity contribution in [2.24, 2.45) is 11.8 Å². The lowest BCUT2D eigenvalue weighted by atomic mass is 9.87. The fourth-order valence-electron chi connectivity index (χ4n) is 2.63. The molecule has 0 aliphatic carbocycles. The van der Waals surface area contributed by atoms with Crippen LogP contribution in [-0.4, -0.2) is 41.5 Å². The highest BCUT2D eigenvalue weighted by Crippen LogP contribution is 2.24. The van der Waals surface area contributed by atoms with Gasteiger partial charge >= 0.3 is 5.97 Å². The summed E-state index contributed by atoms with van der Waals surface area (Å²) in [6, 6.07) is 7.25. The van der Waals surface area contributed by atoms with Crippen molar-refractivity contribution < 1.29 is 14.7 Å². The summed E-state index contributed by atoms with van der Waals surface area (Å²) in [5.74, 6) is -1.19. The first-order valence-electron chi connectivity index (χ1n) is 6.98. The Balaban J connectivity index is 1.87. The number of carbonyl (C=O) groups excluding carboxylic acids is 1. The van der Waals surface area contributed by atoms with E-state index in [0.717, 1.165) is 5.69 Å². The molecule has 5 nitrogen and oxygen atoms in total. The number of hydrogen-bond acceptors (Lipinski definition) is 3. The largest absolute Gasteiger partial charge is 0.481 e. The summed E-state index contributed by atoms with van der Waals surface area (Å²) in [5, 5.41) is 12.7. The van der Waals surface area contributed by atoms with E-state index in [-0.39, 0.29) is 24.3 Å². The molecule has 1 amide bonds. The van der Waals surface area contributed by atoms with Gasteiger partial charge in [-0.05, 0) is 24.5 Å². The van der Waals surface area contributed by atoms with Crippen LogP contribution in [0, 0.1) is 11.8 Å². The van der Waals surface area contributed by atoms with Crippen LogP contribution in [0.1, 0.15) is 13.3 Å². The topological polar surface area (TPSA) is 69.6 Å². The molecule has 0 bridgehead atoms. The average molecular weight is 311 g/mol. The molecule has 1 aliphatic heterocycles. The quantitative estimate of drug-likeness (QED) is 0.895. The van der Waals surface area contributed by atoms with Gasteiger partial charge < -0.3 is 15.3 Å². The molecule has 1 aliphatic rings. The minimum Gasteiger partial charge on any atom is -0.481 e. The first-order valence-corrected chi connectivity index (χ1v) is 7.36. The first-order chi connectivity index (χ1) is 9.99. The number of para-hydroxylation sites is 1. The Morgan fingerprint density at radius 2 is 2.14 bits per heavy atom. The fraction of sp³-hybridized carbons (Fsp3) is 0.467. The van der Waals surface area contributed by atoms with Gasteiger partial charge in [-0.3, -0.25) is 9.59 Å². The van der Waals surface area contributed by atoms with E-state index >= 15 is 0 Å². The predicted molar refractivity (Wildman–Crippen MR) is 81.4 cm³/mol. The van der Waals surface area contributed by atoms with Gasteiger partial charge in [0.05, 0.1) is 23.2 Å². The van der Waals surface area contributed by atoms with E-state index < -0.39 is 5.97 Å². The van der Waals surface area contributed by atoms with Gasteiger partial charge in [0.25, 0.3) is 0 Å². The number of nitrogens with one attached hydrogen (secondary N) is 1. The number of carbonyl (C=O) groups is 2. The Hall–Kier alpha value is -1.75. The molecule has 0 unspecified atom stereocenters. The second-order valence-corrected chi connectivity index (χ2v) is 5.79. The van der Waals surface area contributed by atoms with Crippen molar-refractivity contribution in [1.29, 1.82) is 0 Å². The van der Waals surface area contributed by atoms with E-state index in [0.29, 0.717) is 24.5 Å². The molecule has 6 heteroatoms. The third-order valence-corrected chi connectivity index (χ3v) is 4.21. The molecule has 1 aromatic rings. The highest BCUT2D eigenvalue weighted by Gasteiger charge is 2.32. The van der Waals surface area contributed by atoms with Crippen molar-refractivity contribution in [3.8, 4) is 0 Å². The maximum Gasteiger partial charge on any atom is 0.306 e. The summed E-state index contributed by atoms with van der Waals surface area (Å²) in [7, 11) is 0. The van der Waals surface area contributed by atoms with Crippen molar-refractivity contribution in [3.63, 3.8) is 0 Å². The number of rotatable bonds is 4. The molecule has 2 atom stereocenters. The number of aliphatic carboxylic acids is 1. The van der Waals surface area contributed by atoms with Gasteiger partial charge in [0, 0.05) is 13.1 Å². The van der Waals surface area contributed by atoms with E-state index in [1.165, 1.54) is 0 Å². The van der Waals surface area contributed by atoms with Crippen molar-refractivity contribution >= 4 is 29.2 Å². The number of benzene rings is 1. The normalized spacial score (nSPS) is 21.9. The zero-order valence-corrected chi connectivity index (χ0v) is 12.6. The molecule has 1 aromatic carbocycles. The molecule has 1 fully saturated rings. The van der Waals surface area contributed by atoms with Gasteiger partial charge in [-0.15, -0.1) is 0 Å². The molecule has 2 rings (SSSR count). The van der Waals surface area contributed by atoms with Crippen LogP contribution in [0.25, 0.3) is 0 Å². The maximum absolute atomic E-state index is 12.2. The number of halogens is 1. The van der Waals surface area contributed by atoms with Crippen molar-refractivity contribution in [1.82, 2.24) is 4.90 Å². The first kappa shape index (κ1) is 15.6. The third-order valence-electron chi connectivity index (χ3n) is 3.88. The Bertz CT molecular complexity index is 535. The van der Waals surface area contributed by atoms with E-state index in [1.807, 2.05) is 25.1 Å². The van der Waals surface area contributed by atoms with Crippen LogP contribution in [0.4, 0.5) is 5.69 Å². The third kappa shape index (κ3) is 3.88. The lowest BCUT2D eigenvalue weighted by molar-refractivity contribution is -0.148. The van der Waals surface area contributed by atoms with Crippen LogP contribution in [0.15, 0.2) is 24.3 Å². The Morgan fingerprint density at radius 1 is 1.43 bits per heavy atom. The van der Waals surface area contributed by atoms with Crippen molar-refractivity contribution in [2.75, 3.05) is 25.0 Å². The maximum atomic E-state index is 12.2. The molecule has 0 aromatic heterocycles. The van der Waals surface area contributed by atoms with E-state index in [2.05, 4.69) is 5.32 Å². The summed E-state index contributed by atoms with van der Waals surface area (Å²) in [6.45, 7) is 3.01. The number of carboxylic acid groups (broad SMARTS) is 1. The molecule has 1 saturated heterocycles. The number of carboxylic acids is 1. The molecule has 0 radical (unpaired) electrons. The van der Waals surface area contributed by atoms with Gasteiger partial charge in [0.2, 0.25) is 5.91 Å². The highest BCUT2D eigenvalue weighted by atomic mass is 35.5. The van der Waals surface area contributed by atoms with Crippen LogP contribution in [-0.2, 0) is 9.59 Å². The van der Waals surface area contributed by atoms with Crippen LogP contribution >= 0.6 is 11.6 Å². The van der Waals surface area contributed by atoms with Crippen LogP contribution in [0.5, 0.6) is 0 Å². The second kappa shape index (κ2) is 6.80. The van der Waals surface area contributed by atoms with Gasteiger partial charge in [0.1, 0.15) is 0 Å². The molecule has 1 heterocycles. The minimum atomic E-state index is -0.774. The summed E-state index contributed by atoms with van der Waals surface area (Å²) in [6.07, 6.45) is 0.508. The predicted octanol–water partition coefficient (Wildman–Crippen LogP) is 2.32. The average Bonchev–Trinajstić information content (AvgIpc) is 2.45. The minimum absolute atomic E-state index is 0.0273. The smallest absolute Gasteiger partial charge is 0.306 e. The van der Waals surface area contributed by atoms with Gasteiger partial charge in [-0.25, -0.2) is 0 Å². The van der Waals surface area contributed by atoms with E-state index in [1.54, 1.807) is 11.0 Å². The lowest BCUT2D eigenvalue weighted by Gasteiger charge is -2.35. The number of hydrogen-bond donors (Lipinski definition) is 2. The number of amides is 1. The molecule has 0 spiro atoms. The summed E-state index contributed by atoms with van der Waals surface area (Å²) in [5.41, 5.74) is 0.723. The summed E-state index contributed by atoms with van der Waals surface area (Å²) < 4.78 is 0. The molecule has 21 heavy (non-hydrogen) atoms. The zero-order chi connectivity index (χ0) is 15.4. The molecule has 2 N–H and O–H groups in total. The van der Waals surface area contributed by atoms with Gasteiger partial charge in [0.15, 0.2) is 0 Å². The Labute approximate surface area is 128 Å². The second-order valence-electron chi connectivity index (χ2n) is 5.38. The van der Waals surface area contributed by atoms with Crippen LogP contribution in [0.2, 0.25) is 5.02 Å². The lowest BCUT2D eigenvalue weighted by Crippen LogP contribution is -2.46. The number of nitrogens with zero attached hydrogens (tertiary/aromatic N) is 1. The zero-order valence-electron chi connectivity index (χ0n) is 11.9. The Morgan fingerprint density at radius 3 is 2.76 bits per heavy atom. The van der Waals surface area contributed by atoms with Gasteiger partial charge in [-0.1, -0.05) is 30.7 Å². The molecular weight excluding hydrogens is 292 g/mol. The number of likely N-dealkylation sites (tertiary alicyclic amines) is 1. The monoisotopic (exact) mass is 310 g/mol. The van der Waals surface area contributed by atoms with Crippen LogP contribution < -0.4 is 5.32 Å². The number of piperidine rings is 1.